The molecule has 0 aliphatic carbocycles. The molecule has 0 bridgehead atoms. The van der Waals surface area contributed by atoms with Gasteiger partial charge in [-0.3, -0.25) is 4.79 Å². The van der Waals surface area contributed by atoms with Crippen molar-refractivity contribution in [2.24, 2.45) is 0 Å². The minimum atomic E-state index is -0.398. The Hall–Kier alpha value is -1.73. The van der Waals surface area contributed by atoms with Crippen LogP contribution in [0.3, 0.4) is 0 Å². The highest BCUT2D eigenvalue weighted by Gasteiger charge is 2.21. The summed E-state index contributed by atoms with van der Waals surface area (Å²) in [7, 11) is 0. The van der Waals surface area contributed by atoms with E-state index in [1.54, 1.807) is 13.8 Å². The fourth-order valence-electron chi connectivity index (χ4n) is 2.55. The second kappa shape index (κ2) is 8.39. The first-order chi connectivity index (χ1) is 11.5. The summed E-state index contributed by atoms with van der Waals surface area (Å²) in [6, 6.07) is -0.0487. The van der Waals surface area contributed by atoms with Crippen LogP contribution in [-0.4, -0.2) is 29.1 Å². The second-order valence-corrected chi connectivity index (χ2v) is 6.79. The van der Waals surface area contributed by atoms with Crippen molar-refractivity contribution in [3.05, 3.63) is 26.6 Å². The lowest BCUT2D eigenvalue weighted by Gasteiger charge is -2.12. The number of ether oxygens (including phenoxy) is 1. The van der Waals surface area contributed by atoms with Gasteiger partial charge in [-0.05, 0) is 39.3 Å². The molecule has 0 spiro atoms. The normalized spacial score (nSPS) is 12.5. The first kappa shape index (κ1) is 18.6. The largest absolute Gasteiger partial charge is 0.462 e. The predicted molar refractivity (Wildman–Crippen MR) is 96.9 cm³/mol. The van der Waals surface area contributed by atoms with Crippen molar-refractivity contribution in [3.8, 4) is 0 Å². The van der Waals surface area contributed by atoms with Gasteiger partial charge in [0.2, 0.25) is 0 Å². The van der Waals surface area contributed by atoms with Gasteiger partial charge < -0.3 is 15.0 Å². The van der Waals surface area contributed by atoms with E-state index in [-0.39, 0.29) is 11.6 Å². The molecular weight excluding hydrogens is 326 g/mol. The Bertz CT molecular complexity index is 766. The van der Waals surface area contributed by atoms with E-state index in [1.807, 2.05) is 6.92 Å². The van der Waals surface area contributed by atoms with Gasteiger partial charge in [-0.2, -0.15) is 0 Å². The molecule has 1 unspecified atom stereocenters. The van der Waals surface area contributed by atoms with Gasteiger partial charge in [0, 0.05) is 0 Å². The molecule has 0 saturated carbocycles. The summed E-state index contributed by atoms with van der Waals surface area (Å²) in [6.07, 6.45) is 3.44. The maximum absolute atomic E-state index is 12.4. The van der Waals surface area contributed by atoms with Crippen molar-refractivity contribution in [2.75, 3.05) is 13.2 Å². The molecule has 0 fully saturated rings. The summed E-state index contributed by atoms with van der Waals surface area (Å²) in [5.74, 6) is 0.199. The number of nitrogens with one attached hydrogen (secondary N) is 2. The van der Waals surface area contributed by atoms with Crippen molar-refractivity contribution >= 4 is 27.5 Å². The number of fused-ring (bicyclic) bond motifs is 1. The topological polar surface area (TPSA) is 84.1 Å². The molecule has 0 amide bonds. The third-order valence-electron chi connectivity index (χ3n) is 3.92. The lowest BCUT2D eigenvalue weighted by molar-refractivity contribution is 0.0531. The summed E-state index contributed by atoms with van der Waals surface area (Å²) < 4.78 is 5.05. The summed E-state index contributed by atoms with van der Waals surface area (Å²) in [6.45, 7) is 8.84. The number of H-pyrrole nitrogens is 1. The number of nitrogens with zero attached hydrogens (tertiary/aromatic N) is 1. The molecule has 0 aliphatic heterocycles. The highest BCUT2D eigenvalue weighted by Crippen LogP contribution is 2.28. The van der Waals surface area contributed by atoms with Gasteiger partial charge >= 0.3 is 5.97 Å². The van der Waals surface area contributed by atoms with Crippen molar-refractivity contribution < 1.29 is 9.53 Å². The van der Waals surface area contributed by atoms with Crippen molar-refractivity contribution in [2.45, 2.75) is 53.0 Å². The maximum atomic E-state index is 12.4. The van der Waals surface area contributed by atoms with Crippen LogP contribution in [0, 0.1) is 6.92 Å². The molecule has 2 rings (SSSR count). The average molecular weight is 351 g/mol. The quantitative estimate of drug-likeness (QED) is 0.563. The van der Waals surface area contributed by atoms with E-state index >= 15 is 0 Å². The number of hydrogen-bond acceptors (Lipinski definition) is 6. The number of carbonyl (C=O) groups is 1. The molecule has 0 aromatic carbocycles. The van der Waals surface area contributed by atoms with Crippen LogP contribution in [-0.2, 0) is 4.74 Å². The van der Waals surface area contributed by atoms with Crippen LogP contribution in [0.4, 0.5) is 0 Å². The van der Waals surface area contributed by atoms with Crippen LogP contribution >= 0.6 is 11.3 Å². The van der Waals surface area contributed by atoms with Gasteiger partial charge in [0.1, 0.15) is 15.5 Å². The first-order valence-corrected chi connectivity index (χ1v) is 9.25. The second-order valence-electron chi connectivity index (χ2n) is 5.79. The smallest absolute Gasteiger partial charge is 0.348 e. The Balaban J connectivity index is 2.29. The number of aromatic nitrogens is 2. The zero-order valence-corrected chi connectivity index (χ0v) is 15.5. The summed E-state index contributed by atoms with van der Waals surface area (Å²) >= 11 is 1.22. The van der Waals surface area contributed by atoms with E-state index < -0.39 is 5.97 Å². The number of aromatic amines is 1. The van der Waals surface area contributed by atoms with Gasteiger partial charge in [-0.1, -0.05) is 19.8 Å². The third-order valence-corrected chi connectivity index (χ3v) is 5.09. The van der Waals surface area contributed by atoms with E-state index in [2.05, 4.69) is 22.2 Å². The molecule has 1 atom stereocenters. The molecule has 24 heavy (non-hydrogen) atoms. The fraction of sp³-hybridized carbons (Fsp3) is 0.588. The fourth-order valence-corrected chi connectivity index (χ4v) is 3.63. The van der Waals surface area contributed by atoms with Gasteiger partial charge in [-0.15, -0.1) is 11.3 Å². The number of carbonyl (C=O) groups excluding carboxylic acids is 1. The van der Waals surface area contributed by atoms with Crippen LogP contribution in [0.5, 0.6) is 0 Å². The highest BCUT2D eigenvalue weighted by atomic mass is 32.1. The molecule has 0 radical (unpaired) electrons. The lowest BCUT2D eigenvalue weighted by atomic mass is 10.2. The van der Waals surface area contributed by atoms with Crippen molar-refractivity contribution in [1.82, 2.24) is 15.3 Å². The number of esters is 1. The van der Waals surface area contributed by atoms with Crippen molar-refractivity contribution in [1.29, 1.82) is 0 Å². The SMILES string of the molecule is CCCCCNC(C)c1nc2sc(C(=O)OCC)c(C)c2c(=O)[nH]1. The van der Waals surface area contributed by atoms with Gasteiger partial charge in [0.25, 0.3) is 5.56 Å². The lowest BCUT2D eigenvalue weighted by Crippen LogP contribution is -2.24. The molecule has 2 aromatic rings. The molecule has 2 heterocycles. The molecule has 2 aromatic heterocycles. The molecule has 132 valence electrons. The van der Waals surface area contributed by atoms with E-state index in [4.69, 9.17) is 4.74 Å². The highest BCUT2D eigenvalue weighted by molar-refractivity contribution is 7.20. The first-order valence-electron chi connectivity index (χ1n) is 8.43. The number of aryl methyl sites for hydroxylation is 1. The van der Waals surface area contributed by atoms with Crippen LogP contribution in [0.25, 0.3) is 10.2 Å². The third kappa shape index (κ3) is 4.02. The monoisotopic (exact) mass is 351 g/mol. The zero-order valence-electron chi connectivity index (χ0n) is 14.7. The zero-order chi connectivity index (χ0) is 17.7. The summed E-state index contributed by atoms with van der Waals surface area (Å²) in [5, 5.41) is 3.85. The average Bonchev–Trinajstić information content (AvgIpc) is 2.89. The number of rotatable bonds is 8. The Labute approximate surface area is 145 Å². The number of hydrogen-bond donors (Lipinski definition) is 2. The predicted octanol–water partition coefficient (Wildman–Crippen LogP) is 3.31. The van der Waals surface area contributed by atoms with Gasteiger partial charge in [-0.25, -0.2) is 9.78 Å². The van der Waals surface area contributed by atoms with E-state index in [0.29, 0.717) is 33.1 Å². The summed E-state index contributed by atoms with van der Waals surface area (Å²) in [4.78, 5) is 32.9. The molecule has 7 heteroatoms. The van der Waals surface area contributed by atoms with Crippen LogP contribution in [0.15, 0.2) is 4.79 Å². The Morgan fingerprint density at radius 1 is 1.38 bits per heavy atom. The number of thiophene rings is 1. The van der Waals surface area contributed by atoms with E-state index in [9.17, 15) is 9.59 Å². The molecular formula is C17H25N3O3S. The minimum absolute atomic E-state index is 0.0487. The Morgan fingerprint density at radius 2 is 2.12 bits per heavy atom. The standard InChI is InChI=1S/C17H25N3O3S/c1-5-7-8-9-18-11(4)14-19-15(21)12-10(3)13(17(22)23-6-2)24-16(12)20-14/h11,18H,5-9H2,1-4H3,(H,19,20,21). The van der Waals surface area contributed by atoms with Crippen LogP contribution < -0.4 is 10.9 Å². The van der Waals surface area contributed by atoms with E-state index in [0.717, 1.165) is 13.0 Å². The Kier molecular flexibility index (Phi) is 6.51. The van der Waals surface area contributed by atoms with Crippen LogP contribution in [0.2, 0.25) is 0 Å². The van der Waals surface area contributed by atoms with Gasteiger partial charge in [0.15, 0.2) is 0 Å². The van der Waals surface area contributed by atoms with E-state index in [1.165, 1.54) is 24.2 Å². The minimum Gasteiger partial charge on any atom is -0.462 e. The van der Waals surface area contributed by atoms with Crippen molar-refractivity contribution in [3.63, 3.8) is 0 Å². The Morgan fingerprint density at radius 3 is 2.79 bits per heavy atom. The molecule has 0 saturated heterocycles. The maximum Gasteiger partial charge on any atom is 0.348 e. The molecule has 0 aliphatic rings. The van der Waals surface area contributed by atoms with Crippen LogP contribution in [0.1, 0.15) is 67.1 Å². The number of unbranched alkanes of at least 4 members (excludes halogenated alkanes) is 2. The van der Waals surface area contributed by atoms with Gasteiger partial charge in [0.05, 0.1) is 18.0 Å². The summed E-state index contributed by atoms with van der Waals surface area (Å²) in [5.41, 5.74) is 0.429. The molecule has 6 nitrogen and oxygen atoms in total. The molecule has 2 N–H and O–H groups in total.